The molecule has 2 aromatic rings. The molecule has 0 fully saturated rings. The van der Waals surface area contributed by atoms with Crippen molar-refractivity contribution in [2.45, 2.75) is 13.5 Å². The number of nitrogens with one attached hydrogen (secondary N) is 1. The van der Waals surface area contributed by atoms with Crippen LogP contribution in [0.2, 0.25) is 0 Å². The monoisotopic (exact) mass is 298 g/mol. The Morgan fingerprint density at radius 3 is 2.55 bits per heavy atom. The summed E-state index contributed by atoms with van der Waals surface area (Å²) in [5.41, 5.74) is 7.48. The molecule has 5 heteroatoms. The third-order valence-corrected chi connectivity index (χ3v) is 3.09. The Labute approximate surface area is 129 Å². The summed E-state index contributed by atoms with van der Waals surface area (Å²) in [6.07, 6.45) is 0. The standard InChI is InChI=1S/C17H18N2O3/c1-12-7-8-14(17(18)21)15(9-12)22-11-16(20)19-10-13-5-3-2-4-6-13/h2-9H,10-11H2,1H3,(H2,18,21)(H,19,20). The highest BCUT2D eigenvalue weighted by Gasteiger charge is 2.11. The topological polar surface area (TPSA) is 81.4 Å². The van der Waals surface area contributed by atoms with Gasteiger partial charge in [0.05, 0.1) is 5.56 Å². The minimum atomic E-state index is -0.584. The lowest BCUT2D eigenvalue weighted by Gasteiger charge is -2.11. The number of ether oxygens (including phenoxy) is 1. The van der Waals surface area contributed by atoms with E-state index in [9.17, 15) is 9.59 Å². The van der Waals surface area contributed by atoms with Gasteiger partial charge in [0.2, 0.25) is 0 Å². The van der Waals surface area contributed by atoms with E-state index in [4.69, 9.17) is 10.5 Å². The minimum absolute atomic E-state index is 0.170. The zero-order chi connectivity index (χ0) is 15.9. The molecule has 0 aromatic heterocycles. The minimum Gasteiger partial charge on any atom is -0.483 e. The van der Waals surface area contributed by atoms with Crippen molar-refractivity contribution in [1.82, 2.24) is 5.32 Å². The van der Waals surface area contributed by atoms with E-state index < -0.39 is 5.91 Å². The summed E-state index contributed by atoms with van der Waals surface area (Å²) in [6, 6.07) is 14.6. The van der Waals surface area contributed by atoms with Gasteiger partial charge < -0.3 is 15.8 Å². The molecule has 0 aliphatic heterocycles. The van der Waals surface area contributed by atoms with Crippen molar-refractivity contribution in [3.05, 3.63) is 65.2 Å². The number of hydrogen-bond acceptors (Lipinski definition) is 3. The van der Waals surface area contributed by atoms with Crippen LogP contribution in [0.1, 0.15) is 21.5 Å². The molecule has 0 aliphatic rings. The van der Waals surface area contributed by atoms with Crippen LogP contribution in [0.4, 0.5) is 0 Å². The lowest BCUT2D eigenvalue weighted by Crippen LogP contribution is -2.28. The lowest BCUT2D eigenvalue weighted by molar-refractivity contribution is -0.123. The van der Waals surface area contributed by atoms with Crippen LogP contribution in [0.3, 0.4) is 0 Å². The van der Waals surface area contributed by atoms with Crippen LogP contribution in [0, 0.1) is 6.92 Å². The van der Waals surface area contributed by atoms with Crippen molar-refractivity contribution in [2.75, 3.05) is 6.61 Å². The van der Waals surface area contributed by atoms with Crippen molar-refractivity contribution in [3.8, 4) is 5.75 Å². The summed E-state index contributed by atoms with van der Waals surface area (Å²) < 4.78 is 5.42. The summed E-state index contributed by atoms with van der Waals surface area (Å²) in [6.45, 7) is 2.13. The summed E-state index contributed by atoms with van der Waals surface area (Å²) in [7, 11) is 0. The van der Waals surface area contributed by atoms with Gasteiger partial charge in [-0.15, -0.1) is 0 Å². The van der Waals surface area contributed by atoms with E-state index in [1.165, 1.54) is 0 Å². The zero-order valence-electron chi connectivity index (χ0n) is 12.3. The Morgan fingerprint density at radius 1 is 1.14 bits per heavy atom. The maximum absolute atomic E-state index is 11.8. The molecule has 0 saturated carbocycles. The highest BCUT2D eigenvalue weighted by Crippen LogP contribution is 2.19. The van der Waals surface area contributed by atoms with Gasteiger partial charge in [-0.05, 0) is 30.2 Å². The second-order valence-electron chi connectivity index (χ2n) is 4.91. The van der Waals surface area contributed by atoms with Crippen LogP contribution in [0.15, 0.2) is 48.5 Å². The fourth-order valence-corrected chi connectivity index (χ4v) is 1.94. The third-order valence-electron chi connectivity index (χ3n) is 3.09. The largest absolute Gasteiger partial charge is 0.483 e. The molecule has 0 spiro atoms. The van der Waals surface area contributed by atoms with Crippen LogP contribution >= 0.6 is 0 Å². The molecule has 3 N–H and O–H groups in total. The SMILES string of the molecule is Cc1ccc(C(N)=O)c(OCC(=O)NCc2ccccc2)c1. The first kappa shape index (κ1) is 15.6. The van der Waals surface area contributed by atoms with E-state index in [2.05, 4.69) is 5.32 Å². The molecular formula is C17H18N2O3. The molecule has 2 amide bonds. The predicted molar refractivity (Wildman–Crippen MR) is 83.5 cm³/mol. The third kappa shape index (κ3) is 4.34. The molecule has 0 heterocycles. The van der Waals surface area contributed by atoms with Gasteiger partial charge in [0.25, 0.3) is 11.8 Å². The Balaban J connectivity index is 1.91. The van der Waals surface area contributed by atoms with E-state index in [0.717, 1.165) is 11.1 Å². The summed E-state index contributed by atoms with van der Waals surface area (Å²) >= 11 is 0. The first-order valence-electron chi connectivity index (χ1n) is 6.90. The highest BCUT2D eigenvalue weighted by molar-refractivity contribution is 5.95. The molecule has 114 valence electrons. The van der Waals surface area contributed by atoms with Gasteiger partial charge >= 0.3 is 0 Å². The molecule has 22 heavy (non-hydrogen) atoms. The van der Waals surface area contributed by atoms with E-state index >= 15 is 0 Å². The van der Waals surface area contributed by atoms with Gasteiger partial charge in [-0.3, -0.25) is 9.59 Å². The molecule has 0 atom stereocenters. The van der Waals surface area contributed by atoms with Gasteiger partial charge in [-0.1, -0.05) is 36.4 Å². The Hall–Kier alpha value is -2.82. The normalized spacial score (nSPS) is 10.0. The number of amides is 2. The zero-order valence-corrected chi connectivity index (χ0v) is 12.3. The van der Waals surface area contributed by atoms with Gasteiger partial charge in [-0.25, -0.2) is 0 Å². The average molecular weight is 298 g/mol. The van der Waals surface area contributed by atoms with Gasteiger partial charge in [0, 0.05) is 6.54 Å². The van der Waals surface area contributed by atoms with Crippen LogP contribution in [-0.2, 0) is 11.3 Å². The number of aryl methyl sites for hydroxylation is 1. The van der Waals surface area contributed by atoms with Crippen molar-refractivity contribution < 1.29 is 14.3 Å². The van der Waals surface area contributed by atoms with E-state index in [1.807, 2.05) is 37.3 Å². The first-order chi connectivity index (χ1) is 10.6. The fourth-order valence-electron chi connectivity index (χ4n) is 1.94. The molecule has 0 saturated heterocycles. The van der Waals surface area contributed by atoms with E-state index in [-0.39, 0.29) is 18.1 Å². The smallest absolute Gasteiger partial charge is 0.258 e. The maximum atomic E-state index is 11.8. The molecule has 0 bridgehead atoms. The van der Waals surface area contributed by atoms with Crippen LogP contribution in [-0.4, -0.2) is 18.4 Å². The van der Waals surface area contributed by atoms with Crippen molar-refractivity contribution in [2.24, 2.45) is 5.73 Å². The molecule has 2 aromatic carbocycles. The number of primary amides is 1. The number of carbonyl (C=O) groups is 2. The number of hydrogen-bond donors (Lipinski definition) is 2. The second-order valence-corrected chi connectivity index (χ2v) is 4.91. The average Bonchev–Trinajstić information content (AvgIpc) is 2.51. The number of rotatable bonds is 6. The Bertz CT molecular complexity index is 669. The molecule has 2 rings (SSSR count). The summed E-state index contributed by atoms with van der Waals surface area (Å²) in [5.74, 6) is -0.525. The van der Waals surface area contributed by atoms with Gasteiger partial charge in [-0.2, -0.15) is 0 Å². The second kappa shape index (κ2) is 7.26. The Morgan fingerprint density at radius 2 is 1.86 bits per heavy atom. The van der Waals surface area contributed by atoms with Crippen LogP contribution < -0.4 is 15.8 Å². The highest BCUT2D eigenvalue weighted by atomic mass is 16.5. The van der Waals surface area contributed by atoms with Crippen molar-refractivity contribution >= 4 is 11.8 Å². The van der Waals surface area contributed by atoms with E-state index in [1.54, 1.807) is 18.2 Å². The molecule has 0 radical (unpaired) electrons. The summed E-state index contributed by atoms with van der Waals surface area (Å²) in [5, 5.41) is 2.75. The quantitative estimate of drug-likeness (QED) is 0.853. The number of nitrogens with two attached hydrogens (primary N) is 1. The first-order valence-corrected chi connectivity index (χ1v) is 6.90. The maximum Gasteiger partial charge on any atom is 0.258 e. The Kier molecular flexibility index (Phi) is 5.14. The van der Waals surface area contributed by atoms with Crippen LogP contribution in [0.5, 0.6) is 5.75 Å². The van der Waals surface area contributed by atoms with Crippen molar-refractivity contribution in [3.63, 3.8) is 0 Å². The molecule has 5 nitrogen and oxygen atoms in total. The van der Waals surface area contributed by atoms with E-state index in [0.29, 0.717) is 12.3 Å². The number of carbonyl (C=O) groups excluding carboxylic acids is 2. The fraction of sp³-hybridized carbons (Fsp3) is 0.176. The van der Waals surface area contributed by atoms with Crippen LogP contribution in [0.25, 0.3) is 0 Å². The lowest BCUT2D eigenvalue weighted by atomic mass is 10.1. The summed E-state index contributed by atoms with van der Waals surface area (Å²) in [4.78, 5) is 23.1. The predicted octanol–water partition coefficient (Wildman–Crippen LogP) is 1.79. The molecule has 0 aliphatic carbocycles. The van der Waals surface area contributed by atoms with Gasteiger partial charge in [0.1, 0.15) is 5.75 Å². The van der Waals surface area contributed by atoms with Gasteiger partial charge in [0.15, 0.2) is 6.61 Å². The van der Waals surface area contributed by atoms with Crippen molar-refractivity contribution in [1.29, 1.82) is 0 Å². The molecule has 0 unspecified atom stereocenters. The molecular weight excluding hydrogens is 280 g/mol. The number of benzene rings is 2.